The Kier molecular flexibility index (Phi) is 3.69. The molecule has 2 aromatic rings. The van der Waals surface area contributed by atoms with Gasteiger partial charge in [0.2, 0.25) is 10.0 Å². The molecule has 5 N–H and O–H groups in total. The number of nitrogens with two attached hydrogens (primary N) is 2. The van der Waals surface area contributed by atoms with E-state index < -0.39 is 10.0 Å². The highest BCUT2D eigenvalue weighted by Crippen LogP contribution is 2.26. The first-order valence-corrected chi connectivity index (χ1v) is 7.58. The number of nitrogens with one attached hydrogen (secondary N) is 1. The zero-order valence-electron chi connectivity index (χ0n) is 11.3. The number of hydrogen-bond donors (Lipinski definition) is 3. The van der Waals surface area contributed by atoms with Crippen molar-refractivity contribution in [3.63, 3.8) is 0 Å². The van der Waals surface area contributed by atoms with Gasteiger partial charge in [0.05, 0.1) is 5.69 Å². The lowest BCUT2D eigenvalue weighted by Gasteiger charge is -2.12. The summed E-state index contributed by atoms with van der Waals surface area (Å²) in [6.07, 6.45) is 0. The summed E-state index contributed by atoms with van der Waals surface area (Å²) in [5.41, 5.74) is 9.78. The molecule has 0 fully saturated rings. The van der Waals surface area contributed by atoms with Crippen LogP contribution in [0.5, 0.6) is 0 Å². The predicted octanol–water partition coefficient (Wildman–Crippen LogP) is 2.28. The van der Waals surface area contributed by atoms with Crippen molar-refractivity contribution in [3.05, 3.63) is 47.5 Å². The summed E-state index contributed by atoms with van der Waals surface area (Å²) < 4.78 is 22.6. The average molecular weight is 291 g/mol. The first kappa shape index (κ1) is 14.4. The Morgan fingerprint density at radius 2 is 1.75 bits per heavy atom. The van der Waals surface area contributed by atoms with Crippen molar-refractivity contribution in [2.75, 3.05) is 11.1 Å². The van der Waals surface area contributed by atoms with E-state index in [0.717, 1.165) is 11.3 Å². The van der Waals surface area contributed by atoms with Gasteiger partial charge < -0.3 is 11.1 Å². The van der Waals surface area contributed by atoms with E-state index in [1.165, 1.54) is 11.6 Å². The van der Waals surface area contributed by atoms with Gasteiger partial charge in [0.25, 0.3) is 0 Å². The van der Waals surface area contributed by atoms with Crippen LogP contribution in [-0.4, -0.2) is 8.42 Å². The van der Waals surface area contributed by atoms with Crippen molar-refractivity contribution in [1.29, 1.82) is 0 Å². The van der Waals surface area contributed by atoms with Crippen molar-refractivity contribution in [3.8, 4) is 0 Å². The van der Waals surface area contributed by atoms with Crippen LogP contribution in [0.3, 0.4) is 0 Å². The van der Waals surface area contributed by atoms with Crippen LogP contribution in [-0.2, 0) is 10.0 Å². The van der Waals surface area contributed by atoms with E-state index >= 15 is 0 Å². The van der Waals surface area contributed by atoms with Gasteiger partial charge in [-0.05, 0) is 43.7 Å². The number of benzene rings is 2. The van der Waals surface area contributed by atoms with Crippen molar-refractivity contribution in [2.24, 2.45) is 5.14 Å². The van der Waals surface area contributed by atoms with Gasteiger partial charge in [0.15, 0.2) is 0 Å². The molecule has 0 saturated carbocycles. The lowest BCUT2D eigenvalue weighted by atomic mass is 10.1. The quantitative estimate of drug-likeness (QED) is 0.755. The molecule has 0 radical (unpaired) electrons. The molecule has 0 heterocycles. The van der Waals surface area contributed by atoms with E-state index in [4.69, 9.17) is 10.9 Å². The fourth-order valence-corrected chi connectivity index (χ4v) is 2.64. The lowest BCUT2D eigenvalue weighted by Crippen LogP contribution is -2.14. The number of hydrogen-bond acceptors (Lipinski definition) is 4. The molecule has 106 valence electrons. The molecule has 0 aliphatic carbocycles. The minimum atomic E-state index is -3.79. The van der Waals surface area contributed by atoms with Crippen LogP contribution in [0.1, 0.15) is 11.1 Å². The van der Waals surface area contributed by atoms with Crippen molar-refractivity contribution < 1.29 is 8.42 Å². The summed E-state index contributed by atoms with van der Waals surface area (Å²) in [4.78, 5) is -0.0660. The third kappa shape index (κ3) is 3.09. The molecule has 0 atom stereocenters. The summed E-state index contributed by atoms with van der Waals surface area (Å²) >= 11 is 0. The normalized spacial score (nSPS) is 11.3. The van der Waals surface area contributed by atoms with E-state index in [9.17, 15) is 8.42 Å². The highest BCUT2D eigenvalue weighted by molar-refractivity contribution is 7.89. The summed E-state index contributed by atoms with van der Waals surface area (Å²) in [5.74, 6) is 0. The highest BCUT2D eigenvalue weighted by atomic mass is 32.2. The molecule has 0 bridgehead atoms. The summed E-state index contributed by atoms with van der Waals surface area (Å²) in [6, 6.07) is 10.6. The molecule has 20 heavy (non-hydrogen) atoms. The Hall–Kier alpha value is -2.05. The maximum Gasteiger partial charge on any atom is 0.240 e. The molecule has 2 rings (SSSR count). The predicted molar refractivity (Wildman–Crippen MR) is 81.4 cm³/mol. The number of aryl methyl sites for hydroxylation is 2. The number of anilines is 3. The standard InChI is InChI=1S/C14H17N3O2S/c1-9-3-5-13(10(2)7-9)17-11-4-6-14(12(15)8-11)20(16,18)19/h3-8,17H,15H2,1-2H3,(H2,16,18,19). The maximum absolute atomic E-state index is 11.3. The van der Waals surface area contributed by atoms with Crippen molar-refractivity contribution in [2.45, 2.75) is 18.7 Å². The molecule has 0 spiro atoms. The average Bonchev–Trinajstić information content (AvgIpc) is 2.31. The largest absolute Gasteiger partial charge is 0.398 e. The van der Waals surface area contributed by atoms with Crippen LogP contribution in [0.15, 0.2) is 41.3 Å². The van der Waals surface area contributed by atoms with Gasteiger partial charge in [0.1, 0.15) is 4.90 Å². The van der Waals surface area contributed by atoms with Crippen LogP contribution in [0.25, 0.3) is 0 Å². The van der Waals surface area contributed by atoms with Crippen LogP contribution >= 0.6 is 0 Å². The van der Waals surface area contributed by atoms with E-state index in [0.29, 0.717) is 5.69 Å². The van der Waals surface area contributed by atoms with Crippen LogP contribution in [0, 0.1) is 13.8 Å². The highest BCUT2D eigenvalue weighted by Gasteiger charge is 2.12. The fraction of sp³-hybridized carbons (Fsp3) is 0.143. The summed E-state index contributed by atoms with van der Waals surface area (Å²) in [5, 5.41) is 8.28. The molecule has 0 aromatic heterocycles. The van der Waals surface area contributed by atoms with Crippen LogP contribution in [0.2, 0.25) is 0 Å². The van der Waals surface area contributed by atoms with Crippen LogP contribution in [0.4, 0.5) is 17.1 Å². The van der Waals surface area contributed by atoms with Gasteiger partial charge in [-0.3, -0.25) is 0 Å². The molecule has 6 heteroatoms. The van der Waals surface area contributed by atoms with E-state index in [1.807, 2.05) is 26.0 Å². The second-order valence-corrected chi connectivity index (χ2v) is 6.27. The first-order chi connectivity index (χ1) is 9.27. The van der Waals surface area contributed by atoms with Crippen molar-refractivity contribution >= 4 is 27.1 Å². The Morgan fingerprint density at radius 1 is 1.05 bits per heavy atom. The fourth-order valence-electron chi connectivity index (χ4n) is 1.99. The van der Waals surface area contributed by atoms with Gasteiger partial charge in [-0.25, -0.2) is 13.6 Å². The third-order valence-electron chi connectivity index (χ3n) is 2.98. The van der Waals surface area contributed by atoms with Gasteiger partial charge in [0, 0.05) is 11.4 Å². The first-order valence-electron chi connectivity index (χ1n) is 6.04. The lowest BCUT2D eigenvalue weighted by molar-refractivity contribution is 0.598. The molecule has 0 unspecified atom stereocenters. The smallest absolute Gasteiger partial charge is 0.240 e. The second kappa shape index (κ2) is 5.15. The minimum absolute atomic E-state index is 0.0660. The molecular weight excluding hydrogens is 274 g/mol. The molecule has 0 saturated heterocycles. The maximum atomic E-state index is 11.3. The van der Waals surface area contributed by atoms with E-state index in [2.05, 4.69) is 11.4 Å². The second-order valence-electron chi connectivity index (χ2n) is 4.74. The van der Waals surface area contributed by atoms with Crippen LogP contribution < -0.4 is 16.2 Å². The van der Waals surface area contributed by atoms with Gasteiger partial charge in [-0.2, -0.15) is 0 Å². The summed E-state index contributed by atoms with van der Waals surface area (Å²) in [6.45, 7) is 4.02. The Labute approximate surface area is 118 Å². The minimum Gasteiger partial charge on any atom is -0.398 e. The number of sulfonamides is 1. The molecular formula is C14H17N3O2S. The third-order valence-corrected chi connectivity index (χ3v) is 3.96. The number of nitrogen functional groups attached to an aromatic ring is 1. The van der Waals surface area contributed by atoms with Gasteiger partial charge in [-0.15, -0.1) is 0 Å². The zero-order valence-corrected chi connectivity index (χ0v) is 12.2. The molecule has 0 amide bonds. The van der Waals surface area contributed by atoms with E-state index in [1.54, 1.807) is 12.1 Å². The molecule has 2 aromatic carbocycles. The zero-order chi connectivity index (χ0) is 14.9. The molecule has 0 aliphatic heterocycles. The monoisotopic (exact) mass is 291 g/mol. The Morgan fingerprint density at radius 3 is 2.30 bits per heavy atom. The van der Waals surface area contributed by atoms with Gasteiger partial charge in [-0.1, -0.05) is 17.7 Å². The topological polar surface area (TPSA) is 98.2 Å². The molecule has 5 nitrogen and oxygen atoms in total. The SMILES string of the molecule is Cc1ccc(Nc2ccc(S(N)(=O)=O)c(N)c2)c(C)c1. The Bertz CT molecular complexity index is 755. The molecule has 0 aliphatic rings. The Balaban J connectivity index is 2.34. The summed E-state index contributed by atoms with van der Waals surface area (Å²) in [7, 11) is -3.79. The van der Waals surface area contributed by atoms with Gasteiger partial charge >= 0.3 is 0 Å². The van der Waals surface area contributed by atoms with Crippen molar-refractivity contribution in [1.82, 2.24) is 0 Å². The van der Waals surface area contributed by atoms with E-state index in [-0.39, 0.29) is 10.6 Å². The number of primary sulfonamides is 1. The number of rotatable bonds is 3.